The summed E-state index contributed by atoms with van der Waals surface area (Å²) < 4.78 is 42.8. The number of halogens is 3. The summed E-state index contributed by atoms with van der Waals surface area (Å²) in [6.45, 7) is 1.79. The number of hydrogen-bond acceptors (Lipinski definition) is 4. The molecule has 0 saturated heterocycles. The maximum atomic E-state index is 14.9. The second kappa shape index (κ2) is 8.19. The molecule has 0 amide bonds. The summed E-state index contributed by atoms with van der Waals surface area (Å²) in [6.07, 6.45) is 4.29. The standard InChI is InChI=1S/C23H21F3N4O2/c1-2-23(22(31)32)6-4-3-5-18(23)29-21-17(26)7-12(10-27)19(30-21)15-11-28-20-14(15)8-13(24)9-16(20)25/h7-9,11,18,28H,2-6H2,1H3,(H,29,30)(H,31,32)/t18-,23-/m0/s1. The van der Waals surface area contributed by atoms with Crippen LogP contribution in [-0.4, -0.2) is 27.1 Å². The molecule has 166 valence electrons. The molecule has 2 atom stereocenters. The topological polar surface area (TPSA) is 102 Å². The number of aromatic nitrogens is 2. The molecule has 0 bridgehead atoms. The van der Waals surface area contributed by atoms with Crippen molar-refractivity contribution in [1.29, 1.82) is 5.26 Å². The molecule has 3 N–H and O–H groups in total. The summed E-state index contributed by atoms with van der Waals surface area (Å²) in [7, 11) is 0. The Kier molecular flexibility index (Phi) is 5.55. The fourth-order valence-corrected chi connectivity index (χ4v) is 4.68. The van der Waals surface area contributed by atoms with Gasteiger partial charge in [-0.25, -0.2) is 18.2 Å². The Hall–Kier alpha value is -3.54. The number of fused-ring (bicyclic) bond motifs is 1. The molecule has 4 rings (SSSR count). The third kappa shape index (κ3) is 3.45. The van der Waals surface area contributed by atoms with Gasteiger partial charge in [0.05, 0.1) is 22.2 Å². The van der Waals surface area contributed by atoms with Crippen molar-refractivity contribution < 1.29 is 23.1 Å². The van der Waals surface area contributed by atoms with Gasteiger partial charge in [0.25, 0.3) is 0 Å². The number of carboxylic acid groups (broad SMARTS) is 1. The van der Waals surface area contributed by atoms with Crippen LogP contribution in [0, 0.1) is 34.2 Å². The van der Waals surface area contributed by atoms with Gasteiger partial charge in [0.1, 0.15) is 17.7 Å². The monoisotopic (exact) mass is 442 g/mol. The average molecular weight is 442 g/mol. The number of anilines is 1. The van der Waals surface area contributed by atoms with Crippen molar-refractivity contribution in [2.24, 2.45) is 5.41 Å². The molecular weight excluding hydrogens is 421 g/mol. The van der Waals surface area contributed by atoms with Gasteiger partial charge in [0.2, 0.25) is 0 Å². The van der Waals surface area contributed by atoms with Crippen LogP contribution in [0.25, 0.3) is 22.2 Å². The molecule has 0 spiro atoms. The normalized spacial score (nSPS) is 20.8. The van der Waals surface area contributed by atoms with E-state index in [1.54, 1.807) is 6.92 Å². The number of nitriles is 1. The van der Waals surface area contributed by atoms with E-state index in [1.807, 2.05) is 6.07 Å². The first-order chi connectivity index (χ1) is 15.3. The van der Waals surface area contributed by atoms with Gasteiger partial charge in [-0.2, -0.15) is 5.26 Å². The smallest absolute Gasteiger partial charge is 0.311 e. The number of benzene rings is 1. The summed E-state index contributed by atoms with van der Waals surface area (Å²) >= 11 is 0. The molecule has 3 aromatic rings. The van der Waals surface area contributed by atoms with Crippen LogP contribution in [0.4, 0.5) is 19.0 Å². The minimum atomic E-state index is -1.06. The summed E-state index contributed by atoms with van der Waals surface area (Å²) in [5.74, 6) is -3.55. The van der Waals surface area contributed by atoms with E-state index in [9.17, 15) is 28.3 Å². The number of aliphatic carboxylic acids is 1. The molecule has 1 aliphatic rings. The summed E-state index contributed by atoms with van der Waals surface area (Å²) in [5, 5.41) is 22.5. The predicted molar refractivity (Wildman–Crippen MR) is 112 cm³/mol. The van der Waals surface area contributed by atoms with Crippen LogP contribution in [0.5, 0.6) is 0 Å². The van der Waals surface area contributed by atoms with E-state index in [0.717, 1.165) is 31.0 Å². The minimum absolute atomic E-state index is 0.0362. The van der Waals surface area contributed by atoms with Crippen molar-refractivity contribution >= 4 is 22.7 Å². The molecular formula is C23H21F3N4O2. The van der Waals surface area contributed by atoms with E-state index in [2.05, 4.69) is 15.3 Å². The Morgan fingerprint density at radius 3 is 2.78 bits per heavy atom. The van der Waals surface area contributed by atoms with Crippen LogP contribution in [0.1, 0.15) is 44.6 Å². The molecule has 0 unspecified atom stereocenters. The van der Waals surface area contributed by atoms with E-state index in [1.165, 1.54) is 6.20 Å². The fraction of sp³-hybridized carbons (Fsp3) is 0.348. The van der Waals surface area contributed by atoms with Crippen molar-refractivity contribution in [2.75, 3.05) is 5.32 Å². The summed E-state index contributed by atoms with van der Waals surface area (Å²) in [5.41, 5.74) is -0.855. The predicted octanol–water partition coefficient (Wildman–Crippen LogP) is 5.35. The Labute approximate surface area is 182 Å². The van der Waals surface area contributed by atoms with Crippen molar-refractivity contribution in [3.8, 4) is 17.3 Å². The van der Waals surface area contributed by atoms with Crippen LogP contribution in [-0.2, 0) is 4.79 Å². The first-order valence-corrected chi connectivity index (χ1v) is 10.4. The van der Waals surface area contributed by atoms with Crippen molar-refractivity contribution in [1.82, 2.24) is 9.97 Å². The second-order valence-electron chi connectivity index (χ2n) is 8.10. The number of nitrogens with one attached hydrogen (secondary N) is 2. The zero-order valence-corrected chi connectivity index (χ0v) is 17.3. The van der Waals surface area contributed by atoms with Crippen molar-refractivity contribution in [3.63, 3.8) is 0 Å². The minimum Gasteiger partial charge on any atom is -0.481 e. The highest BCUT2D eigenvalue weighted by molar-refractivity contribution is 5.96. The molecule has 32 heavy (non-hydrogen) atoms. The van der Waals surface area contributed by atoms with E-state index in [0.29, 0.717) is 19.3 Å². The molecule has 6 nitrogen and oxygen atoms in total. The number of rotatable bonds is 5. The summed E-state index contributed by atoms with van der Waals surface area (Å²) in [6, 6.07) is 4.15. The van der Waals surface area contributed by atoms with E-state index in [4.69, 9.17) is 0 Å². The van der Waals surface area contributed by atoms with E-state index in [-0.39, 0.29) is 33.5 Å². The van der Waals surface area contributed by atoms with E-state index >= 15 is 0 Å². The third-order valence-corrected chi connectivity index (χ3v) is 6.46. The molecule has 0 aliphatic heterocycles. The molecule has 1 aromatic carbocycles. The second-order valence-corrected chi connectivity index (χ2v) is 8.10. The van der Waals surface area contributed by atoms with Crippen molar-refractivity contribution in [2.45, 2.75) is 45.1 Å². The van der Waals surface area contributed by atoms with Gasteiger partial charge in [-0.3, -0.25) is 4.79 Å². The molecule has 1 fully saturated rings. The number of H-pyrrole nitrogens is 1. The molecule has 1 saturated carbocycles. The van der Waals surface area contributed by atoms with Crippen LogP contribution in [0.2, 0.25) is 0 Å². The number of hydrogen-bond donors (Lipinski definition) is 3. The number of aromatic amines is 1. The Morgan fingerprint density at radius 1 is 1.31 bits per heavy atom. The third-order valence-electron chi connectivity index (χ3n) is 6.46. The average Bonchev–Trinajstić information content (AvgIpc) is 3.19. The SMILES string of the molecule is CC[C@]1(C(=O)O)CCCC[C@@H]1Nc1nc(-c2c[nH]c3c(F)cc(F)cc23)c(C#N)cc1F. The molecule has 9 heteroatoms. The van der Waals surface area contributed by atoms with Gasteiger partial charge >= 0.3 is 5.97 Å². The molecule has 2 heterocycles. The van der Waals surface area contributed by atoms with Crippen molar-refractivity contribution in [3.05, 3.63) is 47.4 Å². The summed E-state index contributed by atoms with van der Waals surface area (Å²) in [4.78, 5) is 19.1. The van der Waals surface area contributed by atoms with Crippen LogP contribution in [0.3, 0.4) is 0 Å². The van der Waals surface area contributed by atoms with Crippen LogP contribution >= 0.6 is 0 Å². The zero-order chi connectivity index (χ0) is 23.0. The Bertz CT molecular complexity index is 1250. The maximum Gasteiger partial charge on any atom is 0.311 e. The highest BCUT2D eigenvalue weighted by Gasteiger charge is 2.46. The lowest BCUT2D eigenvalue weighted by Crippen LogP contribution is -2.48. The lowest BCUT2D eigenvalue weighted by atomic mass is 9.68. The number of pyridine rings is 1. The Balaban J connectivity index is 1.83. The molecule has 0 radical (unpaired) electrons. The first kappa shape index (κ1) is 21.7. The highest BCUT2D eigenvalue weighted by Crippen LogP contribution is 2.42. The lowest BCUT2D eigenvalue weighted by molar-refractivity contribution is -0.152. The zero-order valence-electron chi connectivity index (χ0n) is 17.3. The quantitative estimate of drug-likeness (QED) is 0.494. The van der Waals surface area contributed by atoms with Crippen LogP contribution < -0.4 is 5.32 Å². The van der Waals surface area contributed by atoms with Gasteiger partial charge in [0.15, 0.2) is 11.6 Å². The number of nitrogens with zero attached hydrogens (tertiary/aromatic N) is 2. The fourth-order valence-electron chi connectivity index (χ4n) is 4.68. The van der Waals surface area contributed by atoms with Gasteiger partial charge in [-0.1, -0.05) is 19.8 Å². The van der Waals surface area contributed by atoms with Gasteiger partial charge in [-0.15, -0.1) is 0 Å². The van der Waals surface area contributed by atoms with Gasteiger partial charge in [-0.05, 0) is 31.4 Å². The molecule has 2 aromatic heterocycles. The van der Waals surface area contributed by atoms with Gasteiger partial charge < -0.3 is 15.4 Å². The highest BCUT2D eigenvalue weighted by atomic mass is 19.1. The van der Waals surface area contributed by atoms with E-state index < -0.39 is 34.9 Å². The maximum absolute atomic E-state index is 14.9. The number of carbonyl (C=O) groups is 1. The lowest BCUT2D eigenvalue weighted by Gasteiger charge is -2.40. The first-order valence-electron chi connectivity index (χ1n) is 10.4. The largest absolute Gasteiger partial charge is 0.481 e. The number of carboxylic acids is 1. The van der Waals surface area contributed by atoms with Gasteiger partial charge in [0, 0.05) is 29.3 Å². The van der Waals surface area contributed by atoms with Crippen LogP contribution in [0.15, 0.2) is 24.4 Å². The molecule has 1 aliphatic carbocycles. The Morgan fingerprint density at radius 2 is 2.09 bits per heavy atom.